The van der Waals surface area contributed by atoms with Gasteiger partial charge < -0.3 is 9.64 Å². The van der Waals surface area contributed by atoms with E-state index in [0.717, 1.165) is 11.4 Å². The number of hydrogen-bond acceptors (Lipinski definition) is 6. The van der Waals surface area contributed by atoms with Crippen molar-refractivity contribution in [3.8, 4) is 5.69 Å². The molecule has 0 atom stereocenters. The molecule has 1 aliphatic heterocycles. The van der Waals surface area contributed by atoms with Crippen molar-refractivity contribution in [2.45, 2.75) is 18.7 Å². The zero-order valence-electron chi connectivity index (χ0n) is 19.0. The summed E-state index contributed by atoms with van der Waals surface area (Å²) in [4.78, 5) is 26.5. The molecule has 0 bridgehead atoms. The quantitative estimate of drug-likeness (QED) is 0.501. The predicted octanol–water partition coefficient (Wildman–Crippen LogP) is 2.50. The minimum absolute atomic E-state index is 0.102. The Kier molecular flexibility index (Phi) is 6.80. The van der Waals surface area contributed by atoms with Gasteiger partial charge in [0.15, 0.2) is 0 Å². The highest BCUT2D eigenvalue weighted by molar-refractivity contribution is 7.89. The fraction of sp³-hybridized carbons (Fsp3) is 0.292. The molecule has 3 aromatic rings. The number of carbonyl (C=O) groups is 2. The molecule has 0 radical (unpaired) electrons. The van der Waals surface area contributed by atoms with Crippen molar-refractivity contribution in [1.29, 1.82) is 0 Å². The van der Waals surface area contributed by atoms with Crippen molar-refractivity contribution in [1.82, 2.24) is 19.0 Å². The van der Waals surface area contributed by atoms with Crippen LogP contribution in [0.25, 0.3) is 5.69 Å². The Balaban J connectivity index is 1.39. The van der Waals surface area contributed by atoms with Crippen LogP contribution in [0.2, 0.25) is 0 Å². The van der Waals surface area contributed by atoms with E-state index in [2.05, 4.69) is 5.10 Å². The molecule has 34 heavy (non-hydrogen) atoms. The summed E-state index contributed by atoms with van der Waals surface area (Å²) in [6, 6.07) is 14.8. The number of nitrogens with zero attached hydrogens (tertiary/aromatic N) is 4. The molecule has 1 saturated heterocycles. The zero-order valence-corrected chi connectivity index (χ0v) is 19.9. The van der Waals surface area contributed by atoms with Gasteiger partial charge in [0.1, 0.15) is 0 Å². The first-order valence-electron chi connectivity index (χ1n) is 11.0. The third-order valence-electron chi connectivity index (χ3n) is 5.72. The normalized spacial score (nSPS) is 14.7. The molecular formula is C24H26N4O5S. The van der Waals surface area contributed by atoms with Crippen LogP contribution < -0.4 is 0 Å². The third-order valence-corrected chi connectivity index (χ3v) is 7.63. The van der Waals surface area contributed by atoms with E-state index in [-0.39, 0.29) is 30.5 Å². The number of carbonyl (C=O) groups excluding carboxylic acids is 2. The van der Waals surface area contributed by atoms with Gasteiger partial charge in [-0.3, -0.25) is 4.79 Å². The van der Waals surface area contributed by atoms with Crippen LogP contribution in [0.15, 0.2) is 65.7 Å². The second-order valence-corrected chi connectivity index (χ2v) is 9.81. The van der Waals surface area contributed by atoms with Crippen molar-refractivity contribution in [2.24, 2.45) is 0 Å². The monoisotopic (exact) mass is 482 g/mol. The topological polar surface area (TPSA) is 102 Å². The Morgan fingerprint density at radius 3 is 2.09 bits per heavy atom. The lowest BCUT2D eigenvalue weighted by Crippen LogP contribution is -2.50. The Morgan fingerprint density at radius 1 is 0.912 bits per heavy atom. The molecule has 1 aromatic heterocycles. The van der Waals surface area contributed by atoms with Gasteiger partial charge in [-0.05, 0) is 68.4 Å². The number of hydrogen-bond donors (Lipinski definition) is 0. The van der Waals surface area contributed by atoms with E-state index in [1.807, 2.05) is 25.1 Å². The number of esters is 1. The summed E-state index contributed by atoms with van der Waals surface area (Å²) in [6.07, 6.45) is 1.72. The van der Waals surface area contributed by atoms with Crippen molar-refractivity contribution >= 4 is 21.9 Å². The van der Waals surface area contributed by atoms with Crippen molar-refractivity contribution in [2.75, 3.05) is 32.8 Å². The molecule has 9 nitrogen and oxygen atoms in total. The first-order chi connectivity index (χ1) is 16.3. The van der Waals surface area contributed by atoms with Gasteiger partial charge in [0.25, 0.3) is 5.91 Å². The van der Waals surface area contributed by atoms with Crippen LogP contribution in [0.3, 0.4) is 0 Å². The fourth-order valence-electron chi connectivity index (χ4n) is 3.83. The number of ether oxygens (including phenoxy) is 1. The Hall–Kier alpha value is -3.50. The number of piperazine rings is 1. The minimum Gasteiger partial charge on any atom is -0.462 e. The van der Waals surface area contributed by atoms with Gasteiger partial charge in [0, 0.05) is 43.6 Å². The van der Waals surface area contributed by atoms with E-state index in [1.54, 1.807) is 34.8 Å². The van der Waals surface area contributed by atoms with E-state index in [4.69, 9.17) is 4.74 Å². The van der Waals surface area contributed by atoms with Gasteiger partial charge in [0.2, 0.25) is 10.0 Å². The number of aromatic nitrogens is 2. The highest BCUT2D eigenvalue weighted by Gasteiger charge is 2.30. The highest BCUT2D eigenvalue weighted by atomic mass is 32.2. The molecule has 4 rings (SSSR count). The number of sulfonamides is 1. The standard InChI is InChI=1S/C24H26N4O5S/c1-3-33-24(30)20-6-10-22(11-7-20)34(31,32)27-16-14-26(15-17-27)23(29)19-4-8-21(9-5-19)28-18(2)12-13-25-28/h4-13H,3,14-17H2,1-2H3. The van der Waals surface area contributed by atoms with Gasteiger partial charge in [-0.2, -0.15) is 9.40 Å². The first kappa shape index (κ1) is 23.7. The average molecular weight is 483 g/mol. The van der Waals surface area contributed by atoms with E-state index in [9.17, 15) is 18.0 Å². The zero-order chi connectivity index (χ0) is 24.3. The lowest BCUT2D eigenvalue weighted by Gasteiger charge is -2.34. The van der Waals surface area contributed by atoms with Crippen molar-refractivity contribution in [3.05, 3.63) is 77.6 Å². The van der Waals surface area contributed by atoms with Gasteiger partial charge in [0.05, 0.1) is 22.8 Å². The van der Waals surface area contributed by atoms with Gasteiger partial charge >= 0.3 is 5.97 Å². The van der Waals surface area contributed by atoms with Crippen LogP contribution in [0.1, 0.15) is 33.3 Å². The van der Waals surface area contributed by atoms with Gasteiger partial charge in [-0.15, -0.1) is 0 Å². The van der Waals surface area contributed by atoms with E-state index < -0.39 is 16.0 Å². The number of amides is 1. The maximum absolute atomic E-state index is 13.0. The van der Waals surface area contributed by atoms with Crippen LogP contribution >= 0.6 is 0 Å². The predicted molar refractivity (Wildman–Crippen MR) is 125 cm³/mol. The van der Waals surface area contributed by atoms with Crippen LogP contribution in [-0.2, 0) is 14.8 Å². The molecule has 2 aromatic carbocycles. The summed E-state index contributed by atoms with van der Waals surface area (Å²) < 4.78 is 34.1. The van der Waals surface area contributed by atoms with E-state index in [1.165, 1.54) is 28.6 Å². The smallest absolute Gasteiger partial charge is 0.338 e. The fourth-order valence-corrected chi connectivity index (χ4v) is 5.25. The van der Waals surface area contributed by atoms with Gasteiger partial charge in [-0.1, -0.05) is 0 Å². The molecule has 2 heterocycles. The summed E-state index contributed by atoms with van der Waals surface area (Å²) in [5.74, 6) is -0.633. The van der Waals surface area contributed by atoms with Crippen molar-refractivity contribution in [3.63, 3.8) is 0 Å². The van der Waals surface area contributed by atoms with E-state index in [0.29, 0.717) is 24.2 Å². The molecule has 178 valence electrons. The summed E-state index contributed by atoms with van der Waals surface area (Å²) in [5.41, 5.74) is 2.69. The van der Waals surface area contributed by atoms with Crippen LogP contribution in [0.4, 0.5) is 0 Å². The van der Waals surface area contributed by atoms with Crippen LogP contribution in [-0.4, -0.2) is 72.1 Å². The second kappa shape index (κ2) is 9.78. The molecule has 0 unspecified atom stereocenters. The molecular weight excluding hydrogens is 456 g/mol. The maximum Gasteiger partial charge on any atom is 0.338 e. The Labute approximate surface area is 198 Å². The Bertz CT molecular complexity index is 1280. The lowest BCUT2D eigenvalue weighted by atomic mass is 10.1. The third kappa shape index (κ3) is 4.73. The molecule has 1 amide bonds. The summed E-state index contributed by atoms with van der Waals surface area (Å²) in [5, 5.41) is 4.26. The molecule has 1 fully saturated rings. The summed E-state index contributed by atoms with van der Waals surface area (Å²) in [7, 11) is -3.73. The van der Waals surface area contributed by atoms with E-state index >= 15 is 0 Å². The largest absolute Gasteiger partial charge is 0.462 e. The van der Waals surface area contributed by atoms with Gasteiger partial charge in [-0.25, -0.2) is 17.9 Å². The summed E-state index contributed by atoms with van der Waals surface area (Å²) in [6.45, 7) is 4.87. The minimum atomic E-state index is -3.73. The maximum atomic E-state index is 13.0. The lowest BCUT2D eigenvalue weighted by molar-refractivity contribution is 0.0526. The number of benzene rings is 2. The molecule has 10 heteroatoms. The molecule has 0 aliphatic carbocycles. The highest BCUT2D eigenvalue weighted by Crippen LogP contribution is 2.20. The summed E-state index contributed by atoms with van der Waals surface area (Å²) >= 11 is 0. The second-order valence-electron chi connectivity index (χ2n) is 7.87. The van der Waals surface area contributed by atoms with Crippen molar-refractivity contribution < 1.29 is 22.7 Å². The average Bonchev–Trinajstić information content (AvgIpc) is 3.30. The molecule has 0 N–H and O–H groups in total. The van der Waals surface area contributed by atoms with Crippen LogP contribution in [0.5, 0.6) is 0 Å². The SMILES string of the molecule is CCOC(=O)c1ccc(S(=O)(=O)N2CCN(C(=O)c3ccc(-n4nccc4C)cc3)CC2)cc1. The molecule has 0 spiro atoms. The Morgan fingerprint density at radius 2 is 1.53 bits per heavy atom. The molecule has 0 saturated carbocycles. The first-order valence-corrected chi connectivity index (χ1v) is 12.4. The molecule has 1 aliphatic rings. The number of rotatable bonds is 6. The van der Waals surface area contributed by atoms with Crippen LogP contribution in [0, 0.1) is 6.92 Å². The number of aryl methyl sites for hydroxylation is 1.